The van der Waals surface area contributed by atoms with Crippen molar-refractivity contribution in [3.05, 3.63) is 65.2 Å². The van der Waals surface area contributed by atoms with E-state index in [0.29, 0.717) is 17.9 Å². The van der Waals surface area contributed by atoms with E-state index in [0.717, 1.165) is 18.6 Å². The Kier molecular flexibility index (Phi) is 6.51. The van der Waals surface area contributed by atoms with Gasteiger partial charge >= 0.3 is 12.1 Å². The first-order valence-corrected chi connectivity index (χ1v) is 8.36. The zero-order valence-electron chi connectivity index (χ0n) is 14.7. The number of alkyl halides is 3. The van der Waals surface area contributed by atoms with Crippen LogP contribution in [0.1, 0.15) is 41.9 Å². The van der Waals surface area contributed by atoms with E-state index in [4.69, 9.17) is 11.2 Å². The summed E-state index contributed by atoms with van der Waals surface area (Å²) >= 11 is 0. The van der Waals surface area contributed by atoms with E-state index >= 15 is 0 Å². The highest BCUT2D eigenvalue weighted by Crippen LogP contribution is 2.37. The molecule has 2 unspecified atom stereocenters. The lowest BCUT2D eigenvalue weighted by molar-refractivity contribution is -0.139. The number of aliphatic carboxylic acids is 1. The van der Waals surface area contributed by atoms with Gasteiger partial charge in [0.1, 0.15) is 5.75 Å². The van der Waals surface area contributed by atoms with Gasteiger partial charge in [0.15, 0.2) is 0 Å². The minimum atomic E-state index is -4.54. The molecule has 0 saturated carbocycles. The second-order valence-corrected chi connectivity index (χ2v) is 6.00. The van der Waals surface area contributed by atoms with Gasteiger partial charge in [-0.15, -0.1) is 6.42 Å². The van der Waals surface area contributed by atoms with Gasteiger partial charge in [-0.3, -0.25) is 4.79 Å². The number of halogens is 3. The summed E-state index contributed by atoms with van der Waals surface area (Å²) < 4.78 is 44.4. The largest absolute Gasteiger partial charge is 0.494 e. The maximum absolute atomic E-state index is 13.0. The van der Waals surface area contributed by atoms with Crippen LogP contribution in [0.3, 0.4) is 0 Å². The summed E-state index contributed by atoms with van der Waals surface area (Å²) in [4.78, 5) is 11.9. The number of ether oxygens (including phenoxy) is 1. The van der Waals surface area contributed by atoms with Gasteiger partial charge in [0.2, 0.25) is 0 Å². The zero-order valence-corrected chi connectivity index (χ0v) is 14.7. The van der Waals surface area contributed by atoms with E-state index in [1.165, 1.54) is 12.1 Å². The SMILES string of the molecule is C#CC(c1cccc(C(F)(F)F)c1)C(C(=O)O)c1ccc(OCCC)cc1. The first-order chi connectivity index (χ1) is 12.8. The van der Waals surface area contributed by atoms with Crippen LogP contribution in [0.2, 0.25) is 0 Å². The molecule has 0 saturated heterocycles. The van der Waals surface area contributed by atoms with Crippen molar-refractivity contribution in [1.82, 2.24) is 0 Å². The molecular formula is C21H19F3O3. The first kappa shape index (κ1) is 20.4. The van der Waals surface area contributed by atoms with Crippen LogP contribution in [0.15, 0.2) is 48.5 Å². The topological polar surface area (TPSA) is 46.5 Å². The highest BCUT2D eigenvalue weighted by atomic mass is 19.4. The van der Waals surface area contributed by atoms with Crippen molar-refractivity contribution in [1.29, 1.82) is 0 Å². The van der Waals surface area contributed by atoms with Crippen molar-refractivity contribution >= 4 is 5.97 Å². The lowest BCUT2D eigenvalue weighted by atomic mass is 9.81. The molecule has 0 aliphatic heterocycles. The molecule has 0 aliphatic rings. The molecule has 27 heavy (non-hydrogen) atoms. The maximum atomic E-state index is 13.0. The summed E-state index contributed by atoms with van der Waals surface area (Å²) in [6.45, 7) is 2.49. The average Bonchev–Trinajstić information content (AvgIpc) is 2.64. The van der Waals surface area contributed by atoms with Crippen LogP contribution in [0.4, 0.5) is 13.2 Å². The minimum Gasteiger partial charge on any atom is -0.494 e. The van der Waals surface area contributed by atoms with Gasteiger partial charge in [0, 0.05) is 0 Å². The Morgan fingerprint density at radius 3 is 2.37 bits per heavy atom. The van der Waals surface area contributed by atoms with Crippen molar-refractivity contribution in [3.63, 3.8) is 0 Å². The Labute approximate surface area is 155 Å². The number of carboxylic acids is 1. The van der Waals surface area contributed by atoms with Gasteiger partial charge in [0.05, 0.1) is 24.0 Å². The molecule has 2 aromatic carbocycles. The van der Waals surface area contributed by atoms with Gasteiger partial charge < -0.3 is 9.84 Å². The van der Waals surface area contributed by atoms with Crippen LogP contribution in [-0.4, -0.2) is 17.7 Å². The zero-order chi connectivity index (χ0) is 20.0. The molecule has 3 nitrogen and oxygen atoms in total. The van der Waals surface area contributed by atoms with Crippen LogP contribution < -0.4 is 4.74 Å². The van der Waals surface area contributed by atoms with Crippen molar-refractivity contribution in [3.8, 4) is 18.1 Å². The van der Waals surface area contributed by atoms with E-state index in [-0.39, 0.29) is 5.56 Å². The number of carbonyl (C=O) groups is 1. The number of rotatable bonds is 7. The third-order valence-electron chi connectivity index (χ3n) is 4.06. The quantitative estimate of drug-likeness (QED) is 0.686. The fourth-order valence-corrected chi connectivity index (χ4v) is 2.76. The Morgan fingerprint density at radius 2 is 1.85 bits per heavy atom. The van der Waals surface area contributed by atoms with E-state index in [2.05, 4.69) is 5.92 Å². The van der Waals surface area contributed by atoms with E-state index in [9.17, 15) is 23.1 Å². The molecular weight excluding hydrogens is 357 g/mol. The van der Waals surface area contributed by atoms with Crippen molar-refractivity contribution in [2.45, 2.75) is 31.4 Å². The van der Waals surface area contributed by atoms with Gasteiger partial charge in [-0.2, -0.15) is 13.2 Å². The number of benzene rings is 2. The van der Waals surface area contributed by atoms with Crippen LogP contribution >= 0.6 is 0 Å². The Balaban J connectivity index is 2.39. The van der Waals surface area contributed by atoms with E-state index < -0.39 is 29.5 Å². The molecule has 2 rings (SSSR count). The molecule has 2 atom stereocenters. The van der Waals surface area contributed by atoms with Crippen molar-refractivity contribution < 1.29 is 27.8 Å². The first-order valence-electron chi connectivity index (χ1n) is 8.36. The van der Waals surface area contributed by atoms with Gasteiger partial charge in [-0.05, 0) is 35.7 Å². The van der Waals surface area contributed by atoms with Crippen molar-refractivity contribution in [2.24, 2.45) is 0 Å². The standard InChI is InChI=1S/C21H19F3O3/c1-3-12-27-17-10-8-14(9-11-17)19(20(25)26)18(4-2)15-6-5-7-16(13-15)21(22,23)24/h2,5-11,13,18-19H,3,12H2,1H3,(H,25,26). The van der Waals surface area contributed by atoms with Crippen LogP contribution in [0.5, 0.6) is 5.75 Å². The Hall–Kier alpha value is -2.94. The van der Waals surface area contributed by atoms with E-state index in [1.54, 1.807) is 24.3 Å². The van der Waals surface area contributed by atoms with Crippen LogP contribution in [0.25, 0.3) is 0 Å². The molecule has 6 heteroatoms. The molecule has 1 N–H and O–H groups in total. The lowest BCUT2D eigenvalue weighted by Gasteiger charge is -2.21. The smallest absolute Gasteiger partial charge is 0.416 e. The van der Waals surface area contributed by atoms with Gasteiger partial charge in [0.25, 0.3) is 0 Å². The summed E-state index contributed by atoms with van der Waals surface area (Å²) in [6, 6.07) is 10.9. The van der Waals surface area contributed by atoms with Crippen molar-refractivity contribution in [2.75, 3.05) is 6.61 Å². The summed E-state index contributed by atoms with van der Waals surface area (Å²) in [6.07, 6.45) is 1.81. The summed E-state index contributed by atoms with van der Waals surface area (Å²) in [5, 5.41) is 9.68. The summed E-state index contributed by atoms with van der Waals surface area (Å²) in [5.74, 6) is -0.510. The fraction of sp³-hybridized carbons (Fsp3) is 0.286. The summed E-state index contributed by atoms with van der Waals surface area (Å²) in [7, 11) is 0. The molecule has 0 aliphatic carbocycles. The third-order valence-corrected chi connectivity index (χ3v) is 4.06. The second-order valence-electron chi connectivity index (χ2n) is 6.00. The molecule has 0 aromatic heterocycles. The number of carboxylic acid groups (broad SMARTS) is 1. The predicted molar refractivity (Wildman–Crippen MR) is 95.6 cm³/mol. The van der Waals surface area contributed by atoms with Crippen LogP contribution in [-0.2, 0) is 11.0 Å². The number of hydrogen-bond donors (Lipinski definition) is 1. The van der Waals surface area contributed by atoms with E-state index in [1.807, 2.05) is 6.92 Å². The number of terminal acetylenes is 1. The molecule has 0 amide bonds. The highest BCUT2D eigenvalue weighted by molar-refractivity contribution is 5.78. The lowest BCUT2D eigenvalue weighted by Crippen LogP contribution is -2.20. The minimum absolute atomic E-state index is 0.131. The van der Waals surface area contributed by atoms with Gasteiger partial charge in [-0.25, -0.2) is 0 Å². The highest BCUT2D eigenvalue weighted by Gasteiger charge is 2.34. The Bertz CT molecular complexity index is 820. The number of hydrogen-bond acceptors (Lipinski definition) is 2. The average molecular weight is 376 g/mol. The predicted octanol–water partition coefficient (Wildman–Crippen LogP) is 5.08. The third kappa shape index (κ3) is 5.04. The second kappa shape index (κ2) is 8.63. The summed E-state index contributed by atoms with van der Waals surface area (Å²) in [5.41, 5.74) is -0.342. The molecule has 142 valence electrons. The molecule has 0 spiro atoms. The molecule has 0 radical (unpaired) electrons. The van der Waals surface area contributed by atoms with Gasteiger partial charge in [-0.1, -0.05) is 43.2 Å². The Morgan fingerprint density at radius 1 is 1.19 bits per heavy atom. The van der Waals surface area contributed by atoms with Crippen LogP contribution in [0, 0.1) is 12.3 Å². The normalized spacial score (nSPS) is 13.4. The molecule has 0 fully saturated rings. The monoisotopic (exact) mass is 376 g/mol. The molecule has 0 heterocycles. The molecule has 0 bridgehead atoms. The maximum Gasteiger partial charge on any atom is 0.416 e. The fourth-order valence-electron chi connectivity index (χ4n) is 2.76. The molecule has 2 aromatic rings.